The van der Waals surface area contributed by atoms with E-state index in [4.69, 9.17) is 0 Å². The van der Waals surface area contributed by atoms with E-state index in [-0.39, 0.29) is 5.91 Å². The Balaban J connectivity index is 1.72. The summed E-state index contributed by atoms with van der Waals surface area (Å²) < 4.78 is 4.09. The number of hydrogen-bond acceptors (Lipinski definition) is 3. The highest BCUT2D eigenvalue weighted by Gasteiger charge is 2.05. The molecular weight excluding hydrogens is 266 g/mol. The fourth-order valence-corrected chi connectivity index (χ4v) is 2.25. The van der Waals surface area contributed by atoms with Crippen LogP contribution >= 0.6 is 0 Å². The number of nitrogens with zero attached hydrogens (tertiary/aromatic N) is 4. The van der Waals surface area contributed by atoms with Gasteiger partial charge in [0.25, 0.3) is 0 Å². The zero-order valence-electron chi connectivity index (χ0n) is 13.0. The van der Waals surface area contributed by atoms with Crippen molar-refractivity contribution in [2.45, 2.75) is 46.7 Å². The second-order valence-corrected chi connectivity index (χ2v) is 5.10. The molecule has 0 atom stereocenters. The van der Waals surface area contributed by atoms with Crippen molar-refractivity contribution in [1.82, 2.24) is 24.4 Å². The van der Waals surface area contributed by atoms with Crippen LogP contribution in [0.4, 0.5) is 0 Å². The van der Waals surface area contributed by atoms with Gasteiger partial charge >= 0.3 is 0 Å². The van der Waals surface area contributed by atoms with Crippen molar-refractivity contribution in [2.75, 3.05) is 6.54 Å². The number of carbonyl (C=O) groups is 1. The second-order valence-electron chi connectivity index (χ2n) is 5.10. The summed E-state index contributed by atoms with van der Waals surface area (Å²) in [5.41, 5.74) is 2.18. The first-order valence-electron chi connectivity index (χ1n) is 7.36. The van der Waals surface area contributed by atoms with E-state index in [1.165, 1.54) is 0 Å². The Bertz CT molecular complexity index is 599. The SMILES string of the molecule is CCc1nccn1CCC(=O)NCCn1cnc(C)c1C. The summed E-state index contributed by atoms with van der Waals surface area (Å²) >= 11 is 0. The Morgan fingerprint density at radius 2 is 2.05 bits per heavy atom. The zero-order valence-corrected chi connectivity index (χ0v) is 13.0. The van der Waals surface area contributed by atoms with Gasteiger partial charge in [0.05, 0.1) is 12.0 Å². The van der Waals surface area contributed by atoms with Gasteiger partial charge in [0.1, 0.15) is 5.82 Å². The Labute approximate surface area is 125 Å². The van der Waals surface area contributed by atoms with Gasteiger partial charge in [0, 0.05) is 50.6 Å². The normalized spacial score (nSPS) is 10.8. The van der Waals surface area contributed by atoms with E-state index in [1.54, 1.807) is 6.20 Å². The van der Waals surface area contributed by atoms with Crippen LogP contribution < -0.4 is 5.32 Å². The van der Waals surface area contributed by atoms with Gasteiger partial charge in [-0.2, -0.15) is 0 Å². The standard InChI is InChI=1S/C15H23N5O/c1-4-14-16-6-9-19(14)8-5-15(21)17-7-10-20-11-18-12(2)13(20)3/h6,9,11H,4-5,7-8,10H2,1-3H3,(H,17,21). The molecule has 114 valence electrons. The topological polar surface area (TPSA) is 64.7 Å². The number of rotatable bonds is 7. The first kappa shape index (κ1) is 15.3. The number of imidazole rings is 2. The van der Waals surface area contributed by atoms with E-state index >= 15 is 0 Å². The third-order valence-corrected chi connectivity index (χ3v) is 3.72. The molecule has 0 saturated carbocycles. The second kappa shape index (κ2) is 7.06. The van der Waals surface area contributed by atoms with Gasteiger partial charge in [-0.15, -0.1) is 0 Å². The molecule has 1 amide bonds. The van der Waals surface area contributed by atoms with Gasteiger partial charge < -0.3 is 14.5 Å². The van der Waals surface area contributed by atoms with E-state index in [9.17, 15) is 4.79 Å². The monoisotopic (exact) mass is 289 g/mol. The summed E-state index contributed by atoms with van der Waals surface area (Å²) in [6.45, 7) is 8.15. The van der Waals surface area contributed by atoms with E-state index < -0.39 is 0 Å². The summed E-state index contributed by atoms with van der Waals surface area (Å²) in [6, 6.07) is 0. The molecule has 2 rings (SSSR count). The van der Waals surface area contributed by atoms with Crippen LogP contribution in [0.15, 0.2) is 18.7 Å². The predicted molar refractivity (Wildman–Crippen MR) is 80.9 cm³/mol. The van der Waals surface area contributed by atoms with Gasteiger partial charge in [0.15, 0.2) is 0 Å². The smallest absolute Gasteiger partial charge is 0.221 e. The van der Waals surface area contributed by atoms with E-state index in [0.29, 0.717) is 19.5 Å². The molecule has 0 unspecified atom stereocenters. The molecule has 0 saturated heterocycles. The van der Waals surface area contributed by atoms with Crippen molar-refractivity contribution in [3.05, 3.63) is 35.9 Å². The van der Waals surface area contributed by atoms with Crippen molar-refractivity contribution in [3.8, 4) is 0 Å². The maximum absolute atomic E-state index is 11.8. The summed E-state index contributed by atoms with van der Waals surface area (Å²) in [5, 5.41) is 2.95. The lowest BCUT2D eigenvalue weighted by Gasteiger charge is -2.09. The molecule has 0 aliphatic carbocycles. The van der Waals surface area contributed by atoms with Crippen LogP contribution in [0.2, 0.25) is 0 Å². The predicted octanol–water partition coefficient (Wildman–Crippen LogP) is 1.47. The molecule has 2 aromatic heterocycles. The zero-order chi connectivity index (χ0) is 15.2. The molecule has 0 bridgehead atoms. The molecule has 0 aliphatic rings. The highest BCUT2D eigenvalue weighted by Crippen LogP contribution is 2.03. The van der Waals surface area contributed by atoms with Crippen LogP contribution in [0, 0.1) is 13.8 Å². The van der Waals surface area contributed by atoms with Crippen molar-refractivity contribution in [1.29, 1.82) is 0 Å². The highest BCUT2D eigenvalue weighted by molar-refractivity contribution is 5.75. The largest absolute Gasteiger partial charge is 0.354 e. The molecular formula is C15H23N5O. The van der Waals surface area contributed by atoms with E-state index in [2.05, 4.69) is 26.8 Å². The van der Waals surface area contributed by atoms with Gasteiger partial charge in [-0.3, -0.25) is 4.79 Å². The summed E-state index contributed by atoms with van der Waals surface area (Å²) in [7, 11) is 0. The van der Waals surface area contributed by atoms with Crippen LogP contribution in [0.5, 0.6) is 0 Å². The van der Waals surface area contributed by atoms with Crippen LogP contribution in [0.1, 0.15) is 30.6 Å². The van der Waals surface area contributed by atoms with Crippen LogP contribution in [-0.2, 0) is 24.3 Å². The fourth-order valence-electron chi connectivity index (χ4n) is 2.25. The summed E-state index contributed by atoms with van der Waals surface area (Å²) in [5.74, 6) is 1.09. The van der Waals surface area contributed by atoms with Crippen molar-refractivity contribution in [3.63, 3.8) is 0 Å². The molecule has 21 heavy (non-hydrogen) atoms. The van der Waals surface area contributed by atoms with Crippen LogP contribution in [-0.4, -0.2) is 31.6 Å². The van der Waals surface area contributed by atoms with Crippen molar-refractivity contribution < 1.29 is 4.79 Å². The lowest BCUT2D eigenvalue weighted by atomic mass is 10.3. The third kappa shape index (κ3) is 3.93. The van der Waals surface area contributed by atoms with E-state index in [1.807, 2.05) is 30.9 Å². The number of amides is 1. The average Bonchev–Trinajstić information content (AvgIpc) is 3.06. The minimum atomic E-state index is 0.0697. The van der Waals surface area contributed by atoms with Gasteiger partial charge in [-0.25, -0.2) is 9.97 Å². The number of hydrogen-bond donors (Lipinski definition) is 1. The first-order valence-corrected chi connectivity index (χ1v) is 7.36. The van der Waals surface area contributed by atoms with Gasteiger partial charge in [-0.1, -0.05) is 6.92 Å². The molecule has 0 aromatic carbocycles. The number of aromatic nitrogens is 4. The Morgan fingerprint density at radius 3 is 2.71 bits per heavy atom. The molecule has 0 aliphatic heterocycles. The molecule has 6 heteroatoms. The minimum Gasteiger partial charge on any atom is -0.354 e. The van der Waals surface area contributed by atoms with Gasteiger partial charge in [-0.05, 0) is 13.8 Å². The Morgan fingerprint density at radius 1 is 1.24 bits per heavy atom. The third-order valence-electron chi connectivity index (χ3n) is 3.72. The fraction of sp³-hybridized carbons (Fsp3) is 0.533. The Hall–Kier alpha value is -2.11. The molecule has 0 spiro atoms. The average molecular weight is 289 g/mol. The highest BCUT2D eigenvalue weighted by atomic mass is 16.1. The summed E-state index contributed by atoms with van der Waals surface area (Å²) in [6.07, 6.45) is 6.87. The molecule has 2 aromatic rings. The quantitative estimate of drug-likeness (QED) is 0.839. The molecule has 2 heterocycles. The number of nitrogens with one attached hydrogen (secondary N) is 1. The maximum Gasteiger partial charge on any atom is 0.221 e. The molecule has 6 nitrogen and oxygen atoms in total. The maximum atomic E-state index is 11.8. The van der Waals surface area contributed by atoms with E-state index in [0.717, 1.165) is 30.2 Å². The first-order chi connectivity index (χ1) is 10.1. The minimum absolute atomic E-state index is 0.0697. The van der Waals surface area contributed by atoms with Crippen LogP contribution in [0.3, 0.4) is 0 Å². The number of carbonyl (C=O) groups excluding carboxylic acids is 1. The van der Waals surface area contributed by atoms with Gasteiger partial charge in [0.2, 0.25) is 5.91 Å². The van der Waals surface area contributed by atoms with Crippen LogP contribution in [0.25, 0.3) is 0 Å². The molecule has 0 radical (unpaired) electrons. The molecule has 1 N–H and O–H groups in total. The van der Waals surface area contributed by atoms with Crippen molar-refractivity contribution >= 4 is 5.91 Å². The lowest BCUT2D eigenvalue weighted by Crippen LogP contribution is -2.28. The Kier molecular flexibility index (Phi) is 5.14. The summed E-state index contributed by atoms with van der Waals surface area (Å²) in [4.78, 5) is 20.3. The molecule has 0 fully saturated rings. The van der Waals surface area contributed by atoms with Crippen molar-refractivity contribution in [2.24, 2.45) is 0 Å². The number of aryl methyl sites for hydroxylation is 3. The lowest BCUT2D eigenvalue weighted by molar-refractivity contribution is -0.121.